The van der Waals surface area contributed by atoms with Crippen molar-refractivity contribution >= 4 is 34.6 Å². The maximum atomic E-state index is 12.9. The van der Waals surface area contributed by atoms with Crippen LogP contribution in [0.2, 0.25) is 0 Å². The van der Waals surface area contributed by atoms with Gasteiger partial charge < -0.3 is 9.73 Å². The Bertz CT molecular complexity index is 1120. The monoisotopic (exact) mass is 414 g/mol. The van der Waals surface area contributed by atoms with E-state index in [1.807, 2.05) is 30.3 Å². The first-order valence-electron chi connectivity index (χ1n) is 8.50. The Morgan fingerprint density at radius 1 is 1.00 bits per heavy atom. The molecule has 8 heteroatoms. The van der Waals surface area contributed by atoms with Gasteiger partial charge in [0.05, 0.1) is 16.2 Å². The summed E-state index contributed by atoms with van der Waals surface area (Å²) in [6.45, 7) is 0. The zero-order chi connectivity index (χ0) is 20.4. The Kier molecular flexibility index (Phi) is 5.02. The van der Waals surface area contributed by atoms with Gasteiger partial charge in [-0.25, -0.2) is 4.99 Å². The molecular weight excluding hydrogens is 401 g/mol. The SMILES string of the molecule is O=C1NC(=Nc2ccccc2)S/C1=C\c1ccc(-c2cccc(C(F)(F)F)c2)o1. The zero-order valence-electron chi connectivity index (χ0n) is 14.7. The van der Waals surface area contributed by atoms with Crippen molar-refractivity contribution in [2.75, 3.05) is 0 Å². The first-order valence-corrected chi connectivity index (χ1v) is 9.32. The molecule has 1 N–H and O–H groups in total. The third-order valence-corrected chi connectivity index (χ3v) is 4.92. The van der Waals surface area contributed by atoms with E-state index in [1.165, 1.54) is 18.2 Å². The van der Waals surface area contributed by atoms with E-state index in [9.17, 15) is 18.0 Å². The molecule has 0 saturated carbocycles. The van der Waals surface area contributed by atoms with Crippen LogP contribution in [0.4, 0.5) is 18.9 Å². The van der Waals surface area contributed by atoms with Crippen LogP contribution in [0.25, 0.3) is 17.4 Å². The van der Waals surface area contributed by atoms with Crippen LogP contribution in [0.3, 0.4) is 0 Å². The van der Waals surface area contributed by atoms with E-state index in [0.717, 1.165) is 23.9 Å². The number of hydrogen-bond acceptors (Lipinski definition) is 4. The van der Waals surface area contributed by atoms with Gasteiger partial charge in [0.1, 0.15) is 11.5 Å². The van der Waals surface area contributed by atoms with Crippen LogP contribution in [-0.4, -0.2) is 11.1 Å². The molecule has 1 aliphatic heterocycles. The number of para-hydroxylation sites is 1. The quantitative estimate of drug-likeness (QED) is 0.547. The molecule has 0 spiro atoms. The number of furan rings is 1. The van der Waals surface area contributed by atoms with Gasteiger partial charge in [-0.3, -0.25) is 4.79 Å². The number of carbonyl (C=O) groups excluding carboxylic acids is 1. The predicted octanol–water partition coefficient (Wildman–Crippen LogP) is 5.86. The normalized spacial score (nSPS) is 17.1. The van der Waals surface area contributed by atoms with Crippen molar-refractivity contribution in [3.05, 3.63) is 83.0 Å². The summed E-state index contributed by atoms with van der Waals surface area (Å²) in [4.78, 5) is 16.9. The smallest absolute Gasteiger partial charge is 0.416 e. The van der Waals surface area contributed by atoms with E-state index in [1.54, 1.807) is 12.1 Å². The van der Waals surface area contributed by atoms with E-state index in [2.05, 4.69) is 10.3 Å². The molecule has 4 rings (SSSR count). The minimum atomic E-state index is -4.43. The van der Waals surface area contributed by atoms with Crippen LogP contribution in [0.15, 0.2) is 81.0 Å². The Morgan fingerprint density at radius 3 is 2.55 bits per heavy atom. The topological polar surface area (TPSA) is 54.6 Å². The summed E-state index contributed by atoms with van der Waals surface area (Å²) in [7, 11) is 0. The largest absolute Gasteiger partial charge is 0.457 e. The van der Waals surface area contributed by atoms with Gasteiger partial charge in [-0.1, -0.05) is 30.3 Å². The highest BCUT2D eigenvalue weighted by molar-refractivity contribution is 8.18. The summed E-state index contributed by atoms with van der Waals surface area (Å²) < 4.78 is 44.3. The zero-order valence-corrected chi connectivity index (χ0v) is 15.6. The minimum Gasteiger partial charge on any atom is -0.457 e. The third-order valence-electron chi connectivity index (χ3n) is 4.01. The number of halogens is 3. The number of amidine groups is 1. The number of aliphatic imine (C=N–C) groups is 1. The summed E-state index contributed by atoms with van der Waals surface area (Å²) in [6, 6.07) is 17.2. The molecule has 1 aliphatic rings. The molecule has 146 valence electrons. The molecular formula is C21H13F3N2O2S. The number of benzene rings is 2. The highest BCUT2D eigenvalue weighted by atomic mass is 32.2. The molecule has 0 radical (unpaired) electrons. The second-order valence-corrected chi connectivity index (χ2v) is 7.13. The van der Waals surface area contributed by atoms with E-state index in [0.29, 0.717) is 27.1 Å². The molecule has 3 aromatic rings. The molecule has 1 fully saturated rings. The van der Waals surface area contributed by atoms with Crippen molar-refractivity contribution in [2.24, 2.45) is 4.99 Å². The standard InChI is InChI=1S/C21H13F3N2O2S/c22-21(23,24)14-6-4-5-13(11-14)17-10-9-16(28-17)12-18-19(27)26-20(29-18)25-15-7-2-1-3-8-15/h1-12H,(H,25,26,27)/b18-12-. The molecule has 29 heavy (non-hydrogen) atoms. The van der Waals surface area contributed by atoms with Crippen molar-refractivity contribution in [3.8, 4) is 11.3 Å². The third kappa shape index (κ3) is 4.43. The molecule has 2 aromatic carbocycles. The first-order chi connectivity index (χ1) is 13.9. The average Bonchev–Trinajstić information content (AvgIpc) is 3.29. The number of nitrogens with zero attached hydrogens (tertiary/aromatic N) is 1. The highest BCUT2D eigenvalue weighted by Crippen LogP contribution is 2.34. The fourth-order valence-corrected chi connectivity index (χ4v) is 3.49. The molecule has 0 unspecified atom stereocenters. The van der Waals surface area contributed by atoms with Gasteiger partial charge >= 0.3 is 6.18 Å². The molecule has 2 heterocycles. The van der Waals surface area contributed by atoms with Crippen molar-refractivity contribution in [1.29, 1.82) is 0 Å². The van der Waals surface area contributed by atoms with E-state index < -0.39 is 11.7 Å². The maximum absolute atomic E-state index is 12.9. The van der Waals surface area contributed by atoms with Crippen LogP contribution in [-0.2, 0) is 11.0 Å². The second-order valence-electron chi connectivity index (χ2n) is 6.10. The number of carbonyl (C=O) groups is 1. The van der Waals surface area contributed by atoms with Gasteiger partial charge in [-0.2, -0.15) is 13.2 Å². The maximum Gasteiger partial charge on any atom is 0.416 e. The van der Waals surface area contributed by atoms with Crippen molar-refractivity contribution in [2.45, 2.75) is 6.18 Å². The lowest BCUT2D eigenvalue weighted by Crippen LogP contribution is -2.19. The number of nitrogens with one attached hydrogen (secondary N) is 1. The van der Waals surface area contributed by atoms with Crippen LogP contribution in [0, 0.1) is 0 Å². The lowest BCUT2D eigenvalue weighted by molar-refractivity contribution is -0.137. The van der Waals surface area contributed by atoms with Crippen LogP contribution in [0.5, 0.6) is 0 Å². The number of amides is 1. The van der Waals surface area contributed by atoms with Crippen LogP contribution in [0.1, 0.15) is 11.3 Å². The minimum absolute atomic E-state index is 0.282. The lowest BCUT2D eigenvalue weighted by Gasteiger charge is -2.07. The Morgan fingerprint density at radius 2 is 1.79 bits per heavy atom. The summed E-state index contributed by atoms with van der Waals surface area (Å²) in [5.74, 6) is 0.322. The van der Waals surface area contributed by atoms with Gasteiger partial charge in [0.25, 0.3) is 5.91 Å². The first kappa shape index (κ1) is 19.1. The number of thioether (sulfide) groups is 1. The molecule has 0 aliphatic carbocycles. The number of hydrogen-bond donors (Lipinski definition) is 1. The van der Waals surface area contributed by atoms with Gasteiger partial charge in [0.15, 0.2) is 5.17 Å². The Hall–Kier alpha value is -3.26. The Labute approximate surface area is 168 Å². The van der Waals surface area contributed by atoms with E-state index in [-0.39, 0.29) is 11.7 Å². The van der Waals surface area contributed by atoms with Gasteiger partial charge in [-0.05, 0) is 48.2 Å². The number of rotatable bonds is 3. The van der Waals surface area contributed by atoms with Gasteiger partial charge in [0, 0.05) is 11.6 Å². The van der Waals surface area contributed by atoms with E-state index >= 15 is 0 Å². The van der Waals surface area contributed by atoms with Crippen molar-refractivity contribution in [3.63, 3.8) is 0 Å². The molecule has 4 nitrogen and oxygen atoms in total. The van der Waals surface area contributed by atoms with Crippen LogP contribution >= 0.6 is 11.8 Å². The molecule has 0 atom stereocenters. The van der Waals surface area contributed by atoms with Gasteiger partial charge in [0.2, 0.25) is 0 Å². The summed E-state index contributed by atoms with van der Waals surface area (Å²) in [6.07, 6.45) is -2.90. The molecule has 1 amide bonds. The Balaban J connectivity index is 1.55. The predicted molar refractivity (Wildman–Crippen MR) is 106 cm³/mol. The fraction of sp³-hybridized carbons (Fsp3) is 0.0476. The van der Waals surface area contributed by atoms with Gasteiger partial charge in [-0.15, -0.1) is 0 Å². The molecule has 1 saturated heterocycles. The van der Waals surface area contributed by atoms with E-state index in [4.69, 9.17) is 4.42 Å². The number of alkyl halides is 3. The summed E-state index contributed by atoms with van der Waals surface area (Å²) in [5, 5.41) is 3.12. The molecule has 0 bridgehead atoms. The lowest BCUT2D eigenvalue weighted by atomic mass is 10.1. The molecule has 1 aromatic heterocycles. The van der Waals surface area contributed by atoms with Crippen molar-refractivity contribution < 1.29 is 22.4 Å². The second kappa shape index (κ2) is 7.63. The van der Waals surface area contributed by atoms with Crippen molar-refractivity contribution in [1.82, 2.24) is 5.32 Å². The summed E-state index contributed by atoms with van der Waals surface area (Å²) in [5.41, 5.74) is 0.263. The fourth-order valence-electron chi connectivity index (χ4n) is 2.66. The highest BCUT2D eigenvalue weighted by Gasteiger charge is 2.30. The summed E-state index contributed by atoms with van der Waals surface area (Å²) >= 11 is 1.16. The van der Waals surface area contributed by atoms with Crippen LogP contribution < -0.4 is 5.32 Å². The average molecular weight is 414 g/mol.